The summed E-state index contributed by atoms with van der Waals surface area (Å²) in [5, 5.41) is 13.2. The Morgan fingerprint density at radius 2 is 1.80 bits per heavy atom. The second-order valence-electron chi connectivity index (χ2n) is 8.12. The van der Waals surface area contributed by atoms with Crippen LogP contribution in [0.2, 0.25) is 0 Å². The zero-order valence-corrected chi connectivity index (χ0v) is 14.9. The van der Waals surface area contributed by atoms with Crippen LogP contribution >= 0.6 is 0 Å². The van der Waals surface area contributed by atoms with Crippen LogP contribution in [0.4, 0.5) is 0 Å². The van der Waals surface area contributed by atoms with Crippen molar-refractivity contribution < 1.29 is 9.90 Å². The predicted octanol–water partition coefficient (Wildman–Crippen LogP) is 2.53. The SMILES string of the molecule is O=C(NC[C@@H]1[C@@H](c2ccccc2)[C@@H](CO)N1CC1CCCC1)C1CC1. The van der Waals surface area contributed by atoms with Crippen LogP contribution in [0.25, 0.3) is 0 Å². The Labute approximate surface area is 150 Å². The molecule has 1 saturated heterocycles. The van der Waals surface area contributed by atoms with E-state index in [9.17, 15) is 9.90 Å². The summed E-state index contributed by atoms with van der Waals surface area (Å²) >= 11 is 0. The lowest BCUT2D eigenvalue weighted by atomic mass is 9.74. The van der Waals surface area contributed by atoms with Crippen LogP contribution in [0.15, 0.2) is 30.3 Å². The molecule has 0 spiro atoms. The van der Waals surface area contributed by atoms with E-state index >= 15 is 0 Å². The van der Waals surface area contributed by atoms with Gasteiger partial charge in [0.15, 0.2) is 0 Å². The minimum atomic E-state index is 0.186. The van der Waals surface area contributed by atoms with E-state index in [0.717, 1.165) is 25.3 Å². The molecule has 2 saturated carbocycles. The highest BCUT2D eigenvalue weighted by Gasteiger charge is 2.49. The first-order valence-electron chi connectivity index (χ1n) is 9.97. The molecule has 1 heterocycles. The van der Waals surface area contributed by atoms with E-state index in [1.807, 2.05) is 6.07 Å². The molecule has 136 valence electrons. The van der Waals surface area contributed by atoms with E-state index in [1.54, 1.807) is 0 Å². The van der Waals surface area contributed by atoms with Crippen molar-refractivity contribution in [3.05, 3.63) is 35.9 Å². The molecule has 1 aromatic carbocycles. The first-order valence-corrected chi connectivity index (χ1v) is 9.97. The molecule has 2 N–H and O–H groups in total. The Bertz CT molecular complexity index is 581. The van der Waals surface area contributed by atoms with Gasteiger partial charge in [0, 0.05) is 37.0 Å². The summed E-state index contributed by atoms with van der Waals surface area (Å²) in [6.45, 7) is 1.97. The van der Waals surface area contributed by atoms with Crippen LogP contribution in [-0.2, 0) is 4.79 Å². The molecule has 0 radical (unpaired) electrons. The molecule has 3 atom stereocenters. The van der Waals surface area contributed by atoms with Gasteiger partial charge in [0.25, 0.3) is 0 Å². The van der Waals surface area contributed by atoms with Gasteiger partial charge in [0.2, 0.25) is 5.91 Å². The van der Waals surface area contributed by atoms with Crippen LogP contribution in [-0.4, -0.2) is 47.7 Å². The number of amides is 1. The molecule has 1 aliphatic heterocycles. The van der Waals surface area contributed by atoms with Crippen molar-refractivity contribution in [1.29, 1.82) is 0 Å². The van der Waals surface area contributed by atoms with Gasteiger partial charge in [0.05, 0.1) is 6.61 Å². The van der Waals surface area contributed by atoms with Crippen molar-refractivity contribution >= 4 is 5.91 Å². The lowest BCUT2D eigenvalue weighted by molar-refractivity contribution is -0.123. The predicted molar refractivity (Wildman–Crippen MR) is 98.2 cm³/mol. The maximum atomic E-state index is 12.1. The maximum Gasteiger partial charge on any atom is 0.223 e. The Hall–Kier alpha value is -1.39. The van der Waals surface area contributed by atoms with E-state index in [0.29, 0.717) is 18.5 Å². The molecule has 4 heteroatoms. The molecule has 0 bridgehead atoms. The van der Waals surface area contributed by atoms with Crippen LogP contribution < -0.4 is 5.32 Å². The highest BCUT2D eigenvalue weighted by Crippen LogP contribution is 2.42. The number of hydrogen-bond acceptors (Lipinski definition) is 3. The molecule has 4 nitrogen and oxygen atoms in total. The van der Waals surface area contributed by atoms with Crippen molar-refractivity contribution in [2.24, 2.45) is 11.8 Å². The fraction of sp³-hybridized carbons (Fsp3) is 0.667. The Morgan fingerprint density at radius 3 is 2.44 bits per heavy atom. The number of carbonyl (C=O) groups is 1. The van der Waals surface area contributed by atoms with Gasteiger partial charge in [0.1, 0.15) is 0 Å². The van der Waals surface area contributed by atoms with Gasteiger partial charge in [-0.3, -0.25) is 9.69 Å². The summed E-state index contributed by atoms with van der Waals surface area (Å²) < 4.78 is 0. The molecule has 2 aliphatic carbocycles. The van der Waals surface area contributed by atoms with Crippen molar-refractivity contribution in [2.45, 2.75) is 56.5 Å². The van der Waals surface area contributed by atoms with Gasteiger partial charge in [-0.15, -0.1) is 0 Å². The van der Waals surface area contributed by atoms with Gasteiger partial charge >= 0.3 is 0 Å². The molecule has 0 aromatic heterocycles. The van der Waals surface area contributed by atoms with E-state index in [4.69, 9.17) is 0 Å². The second-order valence-corrected chi connectivity index (χ2v) is 8.12. The molecule has 3 fully saturated rings. The van der Waals surface area contributed by atoms with Gasteiger partial charge in [-0.25, -0.2) is 0 Å². The monoisotopic (exact) mass is 342 g/mol. The zero-order chi connectivity index (χ0) is 17.2. The molecule has 1 aromatic rings. The van der Waals surface area contributed by atoms with Gasteiger partial charge in [-0.05, 0) is 37.2 Å². The van der Waals surface area contributed by atoms with E-state index < -0.39 is 0 Å². The Balaban J connectivity index is 1.47. The fourth-order valence-electron chi connectivity index (χ4n) is 4.85. The summed E-state index contributed by atoms with van der Waals surface area (Å²) in [5.74, 6) is 1.55. The van der Waals surface area contributed by atoms with Crippen molar-refractivity contribution in [2.75, 3.05) is 19.7 Å². The lowest BCUT2D eigenvalue weighted by Gasteiger charge is -2.56. The Morgan fingerprint density at radius 1 is 1.08 bits per heavy atom. The number of nitrogens with one attached hydrogen (secondary N) is 1. The van der Waals surface area contributed by atoms with Gasteiger partial charge in [-0.2, -0.15) is 0 Å². The molecule has 4 rings (SSSR count). The summed E-state index contributed by atoms with van der Waals surface area (Å²) in [6, 6.07) is 11.0. The Kier molecular flexibility index (Phi) is 5.09. The topological polar surface area (TPSA) is 52.6 Å². The molecular formula is C21H30N2O2. The number of likely N-dealkylation sites (tertiary alicyclic amines) is 1. The zero-order valence-electron chi connectivity index (χ0n) is 14.9. The van der Waals surface area contributed by atoms with E-state index in [2.05, 4.69) is 34.5 Å². The smallest absolute Gasteiger partial charge is 0.223 e. The van der Waals surface area contributed by atoms with Gasteiger partial charge < -0.3 is 10.4 Å². The largest absolute Gasteiger partial charge is 0.395 e. The third-order valence-corrected chi connectivity index (χ3v) is 6.43. The summed E-state index contributed by atoms with van der Waals surface area (Å²) in [7, 11) is 0. The third kappa shape index (κ3) is 3.61. The number of rotatable bonds is 7. The maximum absolute atomic E-state index is 12.1. The second kappa shape index (κ2) is 7.46. The minimum Gasteiger partial charge on any atom is -0.395 e. The molecule has 0 unspecified atom stereocenters. The summed E-state index contributed by atoms with van der Waals surface area (Å²) in [6.07, 6.45) is 7.39. The average molecular weight is 342 g/mol. The van der Waals surface area contributed by atoms with Crippen molar-refractivity contribution in [1.82, 2.24) is 10.2 Å². The molecule has 25 heavy (non-hydrogen) atoms. The van der Waals surface area contributed by atoms with Crippen molar-refractivity contribution in [3.8, 4) is 0 Å². The number of carbonyl (C=O) groups excluding carboxylic acids is 1. The number of aliphatic hydroxyl groups excluding tert-OH is 1. The lowest BCUT2D eigenvalue weighted by Crippen LogP contribution is -2.67. The highest BCUT2D eigenvalue weighted by atomic mass is 16.3. The number of hydrogen-bond donors (Lipinski definition) is 2. The van der Waals surface area contributed by atoms with Crippen LogP contribution in [0.5, 0.6) is 0 Å². The number of benzene rings is 1. The molecular weight excluding hydrogens is 312 g/mol. The van der Waals surface area contributed by atoms with E-state index in [-0.39, 0.29) is 24.5 Å². The third-order valence-electron chi connectivity index (χ3n) is 6.43. The molecule has 3 aliphatic rings. The highest BCUT2D eigenvalue weighted by molar-refractivity contribution is 5.80. The normalized spacial score (nSPS) is 30.2. The van der Waals surface area contributed by atoms with Crippen LogP contribution in [0.3, 0.4) is 0 Å². The summed E-state index contributed by atoms with van der Waals surface area (Å²) in [4.78, 5) is 14.6. The number of nitrogens with zero attached hydrogens (tertiary/aromatic N) is 1. The summed E-state index contributed by atoms with van der Waals surface area (Å²) in [5.41, 5.74) is 1.29. The fourth-order valence-corrected chi connectivity index (χ4v) is 4.85. The van der Waals surface area contributed by atoms with Crippen molar-refractivity contribution in [3.63, 3.8) is 0 Å². The average Bonchev–Trinajstić information content (AvgIpc) is 3.36. The van der Waals surface area contributed by atoms with E-state index in [1.165, 1.54) is 31.2 Å². The first kappa shape index (κ1) is 17.0. The number of aliphatic hydroxyl groups is 1. The van der Waals surface area contributed by atoms with Crippen LogP contribution in [0, 0.1) is 11.8 Å². The van der Waals surface area contributed by atoms with Crippen LogP contribution in [0.1, 0.15) is 50.0 Å². The standard InChI is InChI=1S/C21H30N2O2/c24-14-19-20(16-8-2-1-3-9-16)18(12-22-21(25)17-10-11-17)23(19)13-15-6-4-5-7-15/h1-3,8-9,15,17-20,24H,4-7,10-14H2,(H,22,25)/t18-,19-,20-/m1/s1. The quantitative estimate of drug-likeness (QED) is 0.801. The van der Waals surface area contributed by atoms with Gasteiger partial charge in [-0.1, -0.05) is 43.2 Å². The minimum absolute atomic E-state index is 0.186. The molecule has 1 amide bonds. The first-order chi connectivity index (χ1) is 12.3.